The van der Waals surface area contributed by atoms with Gasteiger partial charge >= 0.3 is 5.97 Å². The standard InChI is InChI=1S/C15H14FNO2/c16-14-10-12(17)6-7-13(14)15(18)19-9-8-11-4-2-1-3-5-11/h1-7,10H,8-9,17H2. The zero-order chi connectivity index (χ0) is 13.7. The van der Waals surface area contributed by atoms with Gasteiger partial charge in [-0.05, 0) is 23.8 Å². The SMILES string of the molecule is Nc1ccc(C(=O)OCCc2ccccc2)c(F)c1. The van der Waals surface area contributed by atoms with Crippen molar-refractivity contribution in [2.45, 2.75) is 6.42 Å². The largest absolute Gasteiger partial charge is 0.462 e. The quantitative estimate of drug-likeness (QED) is 0.678. The normalized spacial score (nSPS) is 10.2. The molecule has 0 amide bonds. The van der Waals surface area contributed by atoms with Crippen LogP contribution in [0.1, 0.15) is 15.9 Å². The maximum atomic E-state index is 13.5. The molecule has 0 fully saturated rings. The first kappa shape index (κ1) is 13.1. The number of carbonyl (C=O) groups excluding carboxylic acids is 1. The van der Waals surface area contributed by atoms with E-state index in [2.05, 4.69) is 0 Å². The fourth-order valence-electron chi connectivity index (χ4n) is 1.68. The number of halogens is 1. The monoisotopic (exact) mass is 259 g/mol. The molecule has 0 spiro atoms. The smallest absolute Gasteiger partial charge is 0.341 e. The summed E-state index contributed by atoms with van der Waals surface area (Å²) in [5.41, 5.74) is 6.66. The third-order valence-corrected chi connectivity index (χ3v) is 2.68. The Morgan fingerprint density at radius 2 is 1.89 bits per heavy atom. The molecule has 0 unspecified atom stereocenters. The minimum atomic E-state index is -0.673. The molecular formula is C15H14FNO2. The summed E-state index contributed by atoms with van der Waals surface area (Å²) in [6.07, 6.45) is 0.600. The van der Waals surface area contributed by atoms with Crippen molar-refractivity contribution < 1.29 is 13.9 Å². The van der Waals surface area contributed by atoms with Gasteiger partial charge in [0.05, 0.1) is 12.2 Å². The predicted octanol–water partition coefficient (Wildman–Crippen LogP) is 2.81. The number of benzene rings is 2. The van der Waals surface area contributed by atoms with Crippen molar-refractivity contribution >= 4 is 11.7 Å². The van der Waals surface area contributed by atoms with Gasteiger partial charge in [-0.1, -0.05) is 30.3 Å². The van der Waals surface area contributed by atoms with Crippen molar-refractivity contribution in [1.29, 1.82) is 0 Å². The lowest BCUT2D eigenvalue weighted by Gasteiger charge is -2.06. The van der Waals surface area contributed by atoms with Crippen molar-refractivity contribution in [3.05, 3.63) is 65.5 Å². The van der Waals surface area contributed by atoms with Crippen LogP contribution in [0.5, 0.6) is 0 Å². The summed E-state index contributed by atoms with van der Waals surface area (Å²) in [6.45, 7) is 0.215. The Balaban J connectivity index is 1.91. The topological polar surface area (TPSA) is 52.3 Å². The Bertz CT molecular complexity index is 570. The van der Waals surface area contributed by atoms with E-state index in [0.29, 0.717) is 6.42 Å². The highest BCUT2D eigenvalue weighted by molar-refractivity contribution is 5.90. The van der Waals surface area contributed by atoms with Crippen LogP contribution in [0.3, 0.4) is 0 Å². The molecule has 2 N–H and O–H groups in total. The molecule has 0 radical (unpaired) electrons. The maximum Gasteiger partial charge on any atom is 0.341 e. The number of carbonyl (C=O) groups is 1. The molecule has 3 nitrogen and oxygen atoms in total. The van der Waals surface area contributed by atoms with Crippen LogP contribution in [0, 0.1) is 5.82 Å². The first-order chi connectivity index (χ1) is 9.16. The number of ether oxygens (including phenoxy) is 1. The lowest BCUT2D eigenvalue weighted by Crippen LogP contribution is -2.10. The number of hydrogen-bond acceptors (Lipinski definition) is 3. The first-order valence-corrected chi connectivity index (χ1v) is 5.93. The van der Waals surface area contributed by atoms with Crippen LogP contribution in [0.2, 0.25) is 0 Å². The molecule has 2 aromatic rings. The molecule has 0 heterocycles. The lowest BCUT2D eigenvalue weighted by atomic mass is 10.1. The summed E-state index contributed by atoms with van der Waals surface area (Å²) in [4.78, 5) is 11.7. The maximum absolute atomic E-state index is 13.5. The van der Waals surface area contributed by atoms with E-state index in [1.54, 1.807) is 0 Å². The van der Waals surface area contributed by atoms with Gasteiger partial charge in [0.1, 0.15) is 5.82 Å². The van der Waals surface area contributed by atoms with Crippen LogP contribution in [0.25, 0.3) is 0 Å². The van der Waals surface area contributed by atoms with E-state index >= 15 is 0 Å². The van der Waals surface area contributed by atoms with E-state index in [0.717, 1.165) is 11.6 Å². The van der Waals surface area contributed by atoms with Crippen LogP contribution in [0.4, 0.5) is 10.1 Å². The molecule has 19 heavy (non-hydrogen) atoms. The molecule has 0 atom stereocenters. The van der Waals surface area contributed by atoms with Gasteiger partial charge in [-0.2, -0.15) is 0 Å². The number of anilines is 1. The lowest BCUT2D eigenvalue weighted by molar-refractivity contribution is 0.0504. The molecule has 0 bridgehead atoms. The Morgan fingerprint density at radius 3 is 2.58 bits per heavy atom. The third kappa shape index (κ3) is 3.55. The molecular weight excluding hydrogens is 245 g/mol. The average Bonchev–Trinajstić information content (AvgIpc) is 2.39. The van der Waals surface area contributed by atoms with E-state index in [-0.39, 0.29) is 17.9 Å². The first-order valence-electron chi connectivity index (χ1n) is 5.93. The zero-order valence-electron chi connectivity index (χ0n) is 10.3. The number of nitrogen functional groups attached to an aromatic ring is 1. The fourth-order valence-corrected chi connectivity index (χ4v) is 1.68. The molecule has 0 saturated heterocycles. The highest BCUT2D eigenvalue weighted by Gasteiger charge is 2.12. The van der Waals surface area contributed by atoms with Gasteiger partial charge in [-0.25, -0.2) is 9.18 Å². The van der Waals surface area contributed by atoms with Crippen molar-refractivity contribution in [1.82, 2.24) is 0 Å². The van der Waals surface area contributed by atoms with Crippen molar-refractivity contribution in [3.8, 4) is 0 Å². The van der Waals surface area contributed by atoms with Gasteiger partial charge in [0.2, 0.25) is 0 Å². The van der Waals surface area contributed by atoms with Crippen molar-refractivity contribution in [2.24, 2.45) is 0 Å². The van der Waals surface area contributed by atoms with E-state index in [9.17, 15) is 9.18 Å². The second-order valence-electron chi connectivity index (χ2n) is 4.11. The Hall–Kier alpha value is -2.36. The van der Waals surface area contributed by atoms with Gasteiger partial charge in [0.25, 0.3) is 0 Å². The van der Waals surface area contributed by atoms with Crippen LogP contribution < -0.4 is 5.73 Å². The third-order valence-electron chi connectivity index (χ3n) is 2.68. The van der Waals surface area contributed by atoms with Crippen molar-refractivity contribution in [3.63, 3.8) is 0 Å². The van der Waals surface area contributed by atoms with Crippen LogP contribution >= 0.6 is 0 Å². The summed E-state index contributed by atoms with van der Waals surface area (Å²) in [6, 6.07) is 13.5. The highest BCUT2D eigenvalue weighted by Crippen LogP contribution is 2.13. The van der Waals surface area contributed by atoms with Gasteiger partial charge in [-0.3, -0.25) is 0 Å². The van der Waals surface area contributed by atoms with Crippen molar-refractivity contribution in [2.75, 3.05) is 12.3 Å². The molecule has 0 aromatic heterocycles. The number of rotatable bonds is 4. The van der Waals surface area contributed by atoms with Crippen LogP contribution in [-0.2, 0) is 11.2 Å². The Labute approximate surface area is 110 Å². The minimum Gasteiger partial charge on any atom is -0.462 e. The second-order valence-corrected chi connectivity index (χ2v) is 4.11. The molecule has 0 aliphatic rings. The van der Waals surface area contributed by atoms with Crippen LogP contribution in [-0.4, -0.2) is 12.6 Å². The minimum absolute atomic E-state index is 0.0951. The summed E-state index contributed by atoms with van der Waals surface area (Å²) in [5, 5.41) is 0. The molecule has 0 aliphatic heterocycles. The average molecular weight is 259 g/mol. The summed E-state index contributed by atoms with van der Waals surface area (Å²) < 4.78 is 18.5. The van der Waals surface area contributed by atoms with Crippen LogP contribution in [0.15, 0.2) is 48.5 Å². The van der Waals surface area contributed by atoms with E-state index < -0.39 is 11.8 Å². The molecule has 2 rings (SSSR count). The Kier molecular flexibility index (Phi) is 4.13. The van der Waals surface area contributed by atoms with Gasteiger partial charge in [0.15, 0.2) is 0 Å². The zero-order valence-corrected chi connectivity index (χ0v) is 10.3. The summed E-state index contributed by atoms with van der Waals surface area (Å²) >= 11 is 0. The van der Waals surface area contributed by atoms with E-state index in [1.165, 1.54) is 12.1 Å². The summed E-state index contributed by atoms with van der Waals surface area (Å²) in [7, 11) is 0. The fraction of sp³-hybridized carbons (Fsp3) is 0.133. The Morgan fingerprint density at radius 1 is 1.16 bits per heavy atom. The number of hydrogen-bond donors (Lipinski definition) is 1. The van der Waals surface area contributed by atoms with E-state index in [4.69, 9.17) is 10.5 Å². The molecule has 2 aromatic carbocycles. The summed E-state index contributed by atoms with van der Waals surface area (Å²) in [5.74, 6) is -1.34. The predicted molar refractivity (Wildman–Crippen MR) is 71.2 cm³/mol. The second kappa shape index (κ2) is 6.00. The molecule has 98 valence electrons. The molecule has 0 aliphatic carbocycles. The highest BCUT2D eigenvalue weighted by atomic mass is 19.1. The van der Waals surface area contributed by atoms with Gasteiger partial charge in [0, 0.05) is 12.1 Å². The molecule has 4 heteroatoms. The molecule has 0 saturated carbocycles. The number of esters is 1. The van der Waals surface area contributed by atoms with Gasteiger partial charge in [-0.15, -0.1) is 0 Å². The van der Waals surface area contributed by atoms with Gasteiger partial charge < -0.3 is 10.5 Å². The van der Waals surface area contributed by atoms with E-state index in [1.807, 2.05) is 30.3 Å². The number of nitrogens with two attached hydrogens (primary N) is 1.